The minimum Gasteiger partial charge on any atom is -0.494 e. The van der Waals surface area contributed by atoms with Gasteiger partial charge in [0.1, 0.15) is 12.0 Å². The predicted octanol–water partition coefficient (Wildman–Crippen LogP) is 8.00. The van der Waals surface area contributed by atoms with Gasteiger partial charge < -0.3 is 14.8 Å². The van der Waals surface area contributed by atoms with E-state index in [1.165, 1.54) is 25.7 Å². The average Bonchev–Trinajstić information content (AvgIpc) is 3.02. The number of carbonyl (C=O) groups is 2. The fourth-order valence-corrected chi connectivity index (χ4v) is 4.84. The summed E-state index contributed by atoms with van der Waals surface area (Å²) in [6, 6.07) is 22.7. The van der Waals surface area contributed by atoms with Gasteiger partial charge in [-0.3, -0.25) is 4.79 Å². The second-order valence-electron chi connectivity index (χ2n) is 12.0. The summed E-state index contributed by atoms with van der Waals surface area (Å²) in [5, 5.41) is 2.84. The third kappa shape index (κ3) is 9.34. The Kier molecular flexibility index (Phi) is 11.2. The zero-order chi connectivity index (χ0) is 30.7. The second kappa shape index (κ2) is 15.2. The number of carbonyl (C=O) groups excluding carboxylic acids is 2. The maximum absolute atomic E-state index is 12.8. The normalized spacial score (nSPS) is 12.0. The number of aldehydes is 1. The minimum atomic E-state index is -0.628. The summed E-state index contributed by atoms with van der Waals surface area (Å²) in [5.41, 5.74) is 5.44. The van der Waals surface area contributed by atoms with Crippen molar-refractivity contribution >= 4 is 12.2 Å². The van der Waals surface area contributed by atoms with Crippen molar-refractivity contribution in [3.63, 3.8) is 0 Å². The Morgan fingerprint density at radius 1 is 0.860 bits per heavy atom. The monoisotopic (exact) mass is 577 g/mol. The number of benzene rings is 3. The largest absolute Gasteiger partial charge is 0.494 e. The van der Waals surface area contributed by atoms with E-state index in [9.17, 15) is 9.59 Å². The lowest BCUT2D eigenvalue weighted by atomic mass is 9.86. The third-order valence-electron chi connectivity index (χ3n) is 7.50. The number of hydrogen-bond acceptors (Lipinski definition) is 5. The second-order valence-corrected chi connectivity index (χ2v) is 12.0. The zero-order valence-corrected chi connectivity index (χ0v) is 25.8. The van der Waals surface area contributed by atoms with Gasteiger partial charge in [-0.15, -0.1) is 0 Å². The van der Waals surface area contributed by atoms with E-state index in [1.54, 1.807) is 12.1 Å². The highest BCUT2D eigenvalue weighted by molar-refractivity contribution is 5.95. The van der Waals surface area contributed by atoms with Gasteiger partial charge >= 0.3 is 0 Å². The highest BCUT2D eigenvalue weighted by atomic mass is 16.5. The van der Waals surface area contributed by atoms with Gasteiger partial charge in [0.25, 0.3) is 5.91 Å². The van der Waals surface area contributed by atoms with E-state index in [4.69, 9.17) is 4.74 Å². The van der Waals surface area contributed by atoms with Crippen molar-refractivity contribution < 1.29 is 14.3 Å². The lowest BCUT2D eigenvalue weighted by Gasteiger charge is -2.19. The predicted molar refractivity (Wildman–Crippen MR) is 173 cm³/mol. The first-order chi connectivity index (χ1) is 20.8. The van der Waals surface area contributed by atoms with Gasteiger partial charge in [0.2, 0.25) is 0 Å². The molecule has 0 fully saturated rings. The molecule has 0 saturated heterocycles. The summed E-state index contributed by atoms with van der Waals surface area (Å²) in [5.74, 6) is 1.21. The molecule has 1 aromatic heterocycles. The average molecular weight is 578 g/mol. The lowest BCUT2D eigenvalue weighted by molar-refractivity contribution is -0.109. The van der Waals surface area contributed by atoms with Crippen LogP contribution in [-0.2, 0) is 16.6 Å². The van der Waals surface area contributed by atoms with Crippen LogP contribution in [0.5, 0.6) is 5.75 Å². The summed E-state index contributed by atoms with van der Waals surface area (Å²) in [4.78, 5) is 33.7. The molecule has 1 unspecified atom stereocenters. The zero-order valence-electron chi connectivity index (χ0n) is 25.8. The molecule has 224 valence electrons. The van der Waals surface area contributed by atoms with Crippen molar-refractivity contribution in [3.05, 3.63) is 102 Å². The maximum Gasteiger partial charge on any atom is 0.251 e. The topological polar surface area (TPSA) is 81.2 Å². The molecule has 3 aromatic carbocycles. The summed E-state index contributed by atoms with van der Waals surface area (Å²) < 4.78 is 5.96. The summed E-state index contributed by atoms with van der Waals surface area (Å²) >= 11 is 0. The number of amides is 1. The Balaban J connectivity index is 1.32. The smallest absolute Gasteiger partial charge is 0.251 e. The fourth-order valence-electron chi connectivity index (χ4n) is 4.84. The van der Waals surface area contributed by atoms with Crippen LogP contribution in [-0.4, -0.2) is 34.8 Å². The molecule has 1 atom stereocenters. The Morgan fingerprint density at radius 2 is 1.56 bits per heavy atom. The molecule has 43 heavy (non-hydrogen) atoms. The van der Waals surface area contributed by atoms with Crippen molar-refractivity contribution in [2.24, 2.45) is 0 Å². The number of nitrogens with zero attached hydrogens (tertiary/aromatic N) is 2. The van der Waals surface area contributed by atoms with E-state index in [0.717, 1.165) is 52.9 Å². The molecule has 0 spiro atoms. The minimum absolute atomic E-state index is 0.00759. The van der Waals surface area contributed by atoms with Crippen molar-refractivity contribution in [3.8, 4) is 28.3 Å². The van der Waals surface area contributed by atoms with Crippen LogP contribution >= 0.6 is 0 Å². The SMILES string of the molecule is CCCCCCCOc1cccc(-c2cnc(-c3ccc(CC(C=O)NC(=O)c4ccc(C(C)(C)C)cc4)cc3)nc2)c1. The van der Waals surface area contributed by atoms with Crippen LogP contribution in [0.15, 0.2) is 85.2 Å². The summed E-state index contributed by atoms with van der Waals surface area (Å²) in [6.45, 7) is 9.33. The van der Waals surface area contributed by atoms with Crippen molar-refractivity contribution in [1.29, 1.82) is 0 Å². The lowest BCUT2D eigenvalue weighted by Crippen LogP contribution is -2.37. The summed E-state index contributed by atoms with van der Waals surface area (Å²) in [6.07, 6.45) is 10.9. The van der Waals surface area contributed by atoms with E-state index in [2.05, 4.69) is 43.0 Å². The van der Waals surface area contributed by atoms with E-state index < -0.39 is 6.04 Å². The molecule has 6 nitrogen and oxygen atoms in total. The van der Waals surface area contributed by atoms with Gasteiger partial charge in [0.05, 0.1) is 12.6 Å². The van der Waals surface area contributed by atoms with E-state index in [1.807, 2.05) is 73.1 Å². The molecule has 6 heteroatoms. The Bertz CT molecular complexity index is 1460. The number of unbranched alkanes of at least 4 members (excludes halogenated alkanes) is 4. The van der Waals surface area contributed by atoms with Crippen LogP contribution in [0.25, 0.3) is 22.5 Å². The maximum atomic E-state index is 12.8. The number of nitrogens with one attached hydrogen (secondary N) is 1. The standard InChI is InChI=1S/C37H43N3O3/c1-5-6-7-8-9-21-43-34-12-10-11-30(23-34)31-24-38-35(39-25-31)28-15-13-27(14-16-28)22-33(26-41)40-36(42)29-17-19-32(20-18-29)37(2,3)4/h10-20,23-26,33H,5-9,21-22H2,1-4H3,(H,40,42). The van der Waals surface area contributed by atoms with Gasteiger partial charge in [-0.05, 0) is 59.2 Å². The first-order valence-corrected chi connectivity index (χ1v) is 15.3. The first-order valence-electron chi connectivity index (χ1n) is 15.3. The molecule has 0 bridgehead atoms. The fraction of sp³-hybridized carbons (Fsp3) is 0.351. The van der Waals surface area contributed by atoms with E-state index in [-0.39, 0.29) is 11.3 Å². The molecule has 1 heterocycles. The Labute approximate surface area is 256 Å². The Morgan fingerprint density at radius 3 is 2.21 bits per heavy atom. The van der Waals surface area contributed by atoms with Gasteiger partial charge in [0.15, 0.2) is 5.82 Å². The van der Waals surface area contributed by atoms with Crippen LogP contribution in [0.2, 0.25) is 0 Å². The number of rotatable bonds is 14. The number of aromatic nitrogens is 2. The molecule has 1 N–H and O–H groups in total. The van der Waals surface area contributed by atoms with Crippen LogP contribution < -0.4 is 10.1 Å². The van der Waals surface area contributed by atoms with Crippen molar-refractivity contribution in [1.82, 2.24) is 15.3 Å². The molecule has 4 rings (SSSR count). The first kappa shape index (κ1) is 31.6. The molecular weight excluding hydrogens is 534 g/mol. The van der Waals surface area contributed by atoms with Gasteiger partial charge in [0, 0.05) is 29.1 Å². The van der Waals surface area contributed by atoms with E-state index in [0.29, 0.717) is 17.8 Å². The van der Waals surface area contributed by atoms with Gasteiger partial charge in [-0.2, -0.15) is 0 Å². The van der Waals surface area contributed by atoms with E-state index >= 15 is 0 Å². The molecule has 1 amide bonds. The molecule has 0 aliphatic rings. The van der Waals surface area contributed by atoms with Crippen LogP contribution in [0, 0.1) is 0 Å². The van der Waals surface area contributed by atoms with Crippen molar-refractivity contribution in [2.75, 3.05) is 6.61 Å². The molecule has 0 radical (unpaired) electrons. The molecule has 0 aliphatic carbocycles. The summed E-state index contributed by atoms with van der Waals surface area (Å²) in [7, 11) is 0. The van der Waals surface area contributed by atoms with Crippen LogP contribution in [0.1, 0.15) is 81.3 Å². The van der Waals surface area contributed by atoms with Crippen LogP contribution in [0.4, 0.5) is 0 Å². The highest BCUT2D eigenvalue weighted by Crippen LogP contribution is 2.25. The van der Waals surface area contributed by atoms with Crippen LogP contribution in [0.3, 0.4) is 0 Å². The molecule has 0 saturated carbocycles. The molecular formula is C37H43N3O3. The molecule has 4 aromatic rings. The van der Waals surface area contributed by atoms with Crippen molar-refractivity contribution in [2.45, 2.75) is 77.7 Å². The van der Waals surface area contributed by atoms with Gasteiger partial charge in [-0.25, -0.2) is 9.97 Å². The third-order valence-corrected chi connectivity index (χ3v) is 7.50. The Hall–Kier alpha value is -4.32. The quantitative estimate of drug-likeness (QED) is 0.121. The number of hydrogen-bond donors (Lipinski definition) is 1. The molecule has 0 aliphatic heterocycles. The highest BCUT2D eigenvalue weighted by Gasteiger charge is 2.17. The number of ether oxygens (including phenoxy) is 1. The van der Waals surface area contributed by atoms with Gasteiger partial charge in [-0.1, -0.05) is 102 Å².